The van der Waals surface area contributed by atoms with Crippen LogP contribution < -0.4 is 0 Å². The molecule has 0 N–H and O–H groups in total. The molecule has 1 aliphatic carbocycles. The third-order valence-corrected chi connectivity index (χ3v) is 2.97. The summed E-state index contributed by atoms with van der Waals surface area (Å²) in [5, 5.41) is 1.21. The quantitative estimate of drug-likeness (QED) is 0.604. The predicted octanol–water partition coefficient (Wildman–Crippen LogP) is 3.95. The summed E-state index contributed by atoms with van der Waals surface area (Å²) >= 11 is 0. The largest absolute Gasteiger partial charge is 0.464 e. The molecule has 1 aromatic carbocycles. The third kappa shape index (κ3) is 0.955. The van der Waals surface area contributed by atoms with Crippen LogP contribution in [0.2, 0.25) is 0 Å². The smallest absolute Gasteiger partial charge is 0.137 e. The highest BCUT2D eigenvalue weighted by atomic mass is 16.3. The highest BCUT2D eigenvalue weighted by Gasteiger charge is 2.17. The van der Waals surface area contributed by atoms with Gasteiger partial charge in [-0.2, -0.15) is 0 Å². The molecule has 14 heavy (non-hydrogen) atoms. The molecule has 0 fully saturated rings. The Morgan fingerprint density at radius 2 is 2.21 bits per heavy atom. The maximum Gasteiger partial charge on any atom is 0.137 e. The second kappa shape index (κ2) is 2.74. The Kier molecular flexibility index (Phi) is 1.54. The molecule has 1 heteroatoms. The zero-order valence-electron chi connectivity index (χ0n) is 8.16. The van der Waals surface area contributed by atoms with Gasteiger partial charge in [-0.05, 0) is 24.0 Å². The molecule has 1 nitrogen and oxygen atoms in total. The first-order valence-electron chi connectivity index (χ1n) is 5.03. The molecule has 3 rings (SSSR count). The minimum atomic E-state index is 0.574. The van der Waals surface area contributed by atoms with Crippen LogP contribution in [0.1, 0.15) is 30.4 Å². The van der Waals surface area contributed by atoms with Gasteiger partial charge in [0.2, 0.25) is 0 Å². The van der Waals surface area contributed by atoms with Crippen LogP contribution in [-0.2, 0) is 0 Å². The van der Waals surface area contributed by atoms with Gasteiger partial charge in [0, 0.05) is 10.9 Å². The van der Waals surface area contributed by atoms with Crippen molar-refractivity contribution in [2.24, 2.45) is 0 Å². The van der Waals surface area contributed by atoms with Crippen molar-refractivity contribution in [2.75, 3.05) is 0 Å². The average molecular weight is 184 g/mol. The molecule has 0 saturated carbocycles. The van der Waals surface area contributed by atoms with Crippen LogP contribution in [0.5, 0.6) is 0 Å². The highest BCUT2D eigenvalue weighted by Crippen LogP contribution is 2.35. The molecule has 1 atom stereocenters. The van der Waals surface area contributed by atoms with Crippen LogP contribution >= 0.6 is 0 Å². The maximum atomic E-state index is 5.55. The molecule has 0 aliphatic heterocycles. The molecular formula is C13H12O. The van der Waals surface area contributed by atoms with Gasteiger partial charge in [-0.1, -0.05) is 31.2 Å². The standard InChI is InChI=1S/C13H12O/c1-9-3-2-4-10-5-6-11-7-8-14-13(11)12(9)10/h2,4-9H,3H2,1H3. The Morgan fingerprint density at radius 3 is 3.14 bits per heavy atom. The van der Waals surface area contributed by atoms with Crippen molar-refractivity contribution in [1.29, 1.82) is 0 Å². The van der Waals surface area contributed by atoms with E-state index in [-0.39, 0.29) is 0 Å². The van der Waals surface area contributed by atoms with Gasteiger partial charge in [-0.25, -0.2) is 0 Å². The summed E-state index contributed by atoms with van der Waals surface area (Å²) in [6, 6.07) is 6.33. The van der Waals surface area contributed by atoms with Crippen molar-refractivity contribution in [1.82, 2.24) is 0 Å². The van der Waals surface area contributed by atoms with Gasteiger partial charge in [0.05, 0.1) is 6.26 Å². The lowest BCUT2D eigenvalue weighted by Crippen LogP contribution is -1.99. The van der Waals surface area contributed by atoms with E-state index in [1.54, 1.807) is 6.26 Å². The molecule has 0 saturated heterocycles. The van der Waals surface area contributed by atoms with E-state index in [2.05, 4.69) is 31.2 Å². The van der Waals surface area contributed by atoms with Gasteiger partial charge in [0.1, 0.15) is 5.58 Å². The summed E-state index contributed by atoms with van der Waals surface area (Å²) in [6.45, 7) is 2.25. The average Bonchev–Trinajstić information content (AvgIpc) is 2.65. The van der Waals surface area contributed by atoms with Crippen molar-refractivity contribution in [3.8, 4) is 0 Å². The number of furan rings is 1. The van der Waals surface area contributed by atoms with Crippen molar-refractivity contribution in [3.63, 3.8) is 0 Å². The predicted molar refractivity (Wildman–Crippen MR) is 58.3 cm³/mol. The van der Waals surface area contributed by atoms with Gasteiger partial charge in [-0.15, -0.1) is 0 Å². The minimum Gasteiger partial charge on any atom is -0.464 e. The fourth-order valence-electron chi connectivity index (χ4n) is 2.24. The van der Waals surface area contributed by atoms with Gasteiger partial charge in [0.25, 0.3) is 0 Å². The number of benzene rings is 1. The number of rotatable bonds is 0. The summed E-state index contributed by atoms with van der Waals surface area (Å²) in [6.07, 6.45) is 7.32. The van der Waals surface area contributed by atoms with Crippen LogP contribution in [0.4, 0.5) is 0 Å². The van der Waals surface area contributed by atoms with E-state index in [0.717, 1.165) is 12.0 Å². The van der Waals surface area contributed by atoms with Crippen LogP contribution in [0, 0.1) is 0 Å². The first kappa shape index (κ1) is 7.86. The van der Waals surface area contributed by atoms with Crippen LogP contribution in [0.15, 0.2) is 35.0 Å². The second-order valence-corrected chi connectivity index (χ2v) is 3.95. The number of allylic oxidation sites excluding steroid dienone is 1. The number of hydrogen-bond donors (Lipinski definition) is 0. The topological polar surface area (TPSA) is 13.1 Å². The van der Waals surface area contributed by atoms with E-state index in [1.165, 1.54) is 16.5 Å². The van der Waals surface area contributed by atoms with Gasteiger partial charge in [-0.3, -0.25) is 0 Å². The Balaban J connectivity index is 2.42. The molecule has 2 aromatic rings. The molecule has 1 unspecified atom stereocenters. The Labute approximate surface area is 83.0 Å². The van der Waals surface area contributed by atoms with Gasteiger partial charge in [0.15, 0.2) is 0 Å². The second-order valence-electron chi connectivity index (χ2n) is 3.95. The normalized spacial score (nSPS) is 19.9. The molecular weight excluding hydrogens is 172 g/mol. The fourth-order valence-corrected chi connectivity index (χ4v) is 2.24. The summed E-state index contributed by atoms with van der Waals surface area (Å²) in [5.74, 6) is 0.574. The zero-order chi connectivity index (χ0) is 9.54. The molecule has 0 bridgehead atoms. The lowest BCUT2D eigenvalue weighted by Gasteiger charge is -2.17. The van der Waals surface area contributed by atoms with E-state index in [9.17, 15) is 0 Å². The van der Waals surface area contributed by atoms with E-state index in [0.29, 0.717) is 5.92 Å². The Hall–Kier alpha value is -1.50. The van der Waals surface area contributed by atoms with Crippen LogP contribution in [-0.4, -0.2) is 0 Å². The van der Waals surface area contributed by atoms with E-state index in [4.69, 9.17) is 4.42 Å². The fraction of sp³-hybridized carbons (Fsp3) is 0.231. The summed E-state index contributed by atoms with van der Waals surface area (Å²) in [4.78, 5) is 0. The summed E-state index contributed by atoms with van der Waals surface area (Å²) in [5.41, 5.74) is 3.75. The molecule has 0 amide bonds. The summed E-state index contributed by atoms with van der Waals surface area (Å²) in [7, 11) is 0. The van der Waals surface area contributed by atoms with E-state index >= 15 is 0 Å². The maximum absolute atomic E-state index is 5.55. The lowest BCUT2D eigenvalue weighted by atomic mass is 9.87. The molecule has 70 valence electrons. The van der Waals surface area contributed by atoms with Crippen molar-refractivity contribution < 1.29 is 4.42 Å². The molecule has 1 aromatic heterocycles. The van der Waals surface area contributed by atoms with Crippen LogP contribution in [0.3, 0.4) is 0 Å². The van der Waals surface area contributed by atoms with Crippen molar-refractivity contribution >= 4 is 17.0 Å². The monoisotopic (exact) mass is 184 g/mol. The molecule has 0 spiro atoms. The first-order valence-corrected chi connectivity index (χ1v) is 5.03. The molecule has 0 radical (unpaired) electrons. The van der Waals surface area contributed by atoms with Crippen molar-refractivity contribution in [2.45, 2.75) is 19.3 Å². The Morgan fingerprint density at radius 1 is 1.29 bits per heavy atom. The van der Waals surface area contributed by atoms with Crippen LogP contribution in [0.25, 0.3) is 17.0 Å². The number of hydrogen-bond acceptors (Lipinski definition) is 1. The van der Waals surface area contributed by atoms with Gasteiger partial charge < -0.3 is 4.42 Å². The third-order valence-electron chi connectivity index (χ3n) is 2.97. The summed E-state index contributed by atoms with van der Waals surface area (Å²) < 4.78 is 5.55. The van der Waals surface area contributed by atoms with E-state index in [1.807, 2.05) is 6.07 Å². The first-order chi connectivity index (χ1) is 6.86. The highest BCUT2D eigenvalue weighted by molar-refractivity contribution is 5.85. The SMILES string of the molecule is CC1CC=Cc2ccc3ccoc3c21. The molecule has 1 heterocycles. The molecule has 1 aliphatic rings. The lowest BCUT2D eigenvalue weighted by molar-refractivity contribution is 0.603. The number of fused-ring (bicyclic) bond motifs is 3. The zero-order valence-corrected chi connectivity index (χ0v) is 8.16. The van der Waals surface area contributed by atoms with E-state index < -0.39 is 0 Å². The van der Waals surface area contributed by atoms with Gasteiger partial charge >= 0.3 is 0 Å². The van der Waals surface area contributed by atoms with Crippen molar-refractivity contribution in [3.05, 3.63) is 41.7 Å². The Bertz CT molecular complexity index is 505. The minimum absolute atomic E-state index is 0.574.